The molecule has 0 spiro atoms. The van der Waals surface area contributed by atoms with E-state index in [2.05, 4.69) is 10.3 Å². The van der Waals surface area contributed by atoms with Gasteiger partial charge in [-0.15, -0.1) is 0 Å². The van der Waals surface area contributed by atoms with E-state index in [-0.39, 0.29) is 7.43 Å². The Bertz CT molecular complexity index is 296. The predicted molar refractivity (Wildman–Crippen MR) is 53.9 cm³/mol. The number of aromatic nitrogens is 2. The van der Waals surface area contributed by atoms with E-state index in [9.17, 15) is 4.79 Å². The van der Waals surface area contributed by atoms with Gasteiger partial charge in [0.15, 0.2) is 0 Å². The van der Waals surface area contributed by atoms with Crippen LogP contribution in [0.2, 0.25) is 0 Å². The minimum absolute atomic E-state index is 0. The van der Waals surface area contributed by atoms with Gasteiger partial charge in [0.05, 0.1) is 6.54 Å². The SMILES string of the molecule is C.CC(NCc1nccn1C)C(=O)O. The van der Waals surface area contributed by atoms with Crippen molar-refractivity contribution in [1.82, 2.24) is 14.9 Å². The fraction of sp³-hybridized carbons (Fsp3) is 0.556. The van der Waals surface area contributed by atoms with Crippen LogP contribution in [0.4, 0.5) is 0 Å². The lowest BCUT2D eigenvalue weighted by Gasteiger charge is -2.08. The summed E-state index contributed by atoms with van der Waals surface area (Å²) in [5, 5.41) is 11.4. The lowest BCUT2D eigenvalue weighted by Crippen LogP contribution is -2.33. The van der Waals surface area contributed by atoms with Gasteiger partial charge >= 0.3 is 5.97 Å². The van der Waals surface area contributed by atoms with Crippen molar-refractivity contribution in [2.24, 2.45) is 7.05 Å². The van der Waals surface area contributed by atoms with E-state index in [1.54, 1.807) is 13.1 Å². The average molecular weight is 199 g/mol. The molecule has 5 heteroatoms. The maximum absolute atomic E-state index is 10.5. The molecule has 1 unspecified atom stereocenters. The second kappa shape index (κ2) is 5.39. The summed E-state index contributed by atoms with van der Waals surface area (Å²) in [5.41, 5.74) is 0. The normalized spacial score (nSPS) is 11.9. The molecule has 0 aliphatic rings. The molecule has 0 fully saturated rings. The Hall–Kier alpha value is -1.36. The molecular weight excluding hydrogens is 182 g/mol. The summed E-state index contributed by atoms with van der Waals surface area (Å²) in [6.07, 6.45) is 3.50. The molecule has 0 saturated heterocycles. The van der Waals surface area contributed by atoms with E-state index in [1.807, 2.05) is 17.8 Å². The number of aliphatic carboxylic acids is 1. The topological polar surface area (TPSA) is 67.2 Å². The Morgan fingerprint density at radius 1 is 1.79 bits per heavy atom. The maximum atomic E-state index is 10.5. The summed E-state index contributed by atoms with van der Waals surface area (Å²) in [6, 6.07) is -0.545. The summed E-state index contributed by atoms with van der Waals surface area (Å²) < 4.78 is 1.85. The summed E-state index contributed by atoms with van der Waals surface area (Å²) in [6.45, 7) is 2.07. The highest BCUT2D eigenvalue weighted by molar-refractivity contribution is 5.72. The monoisotopic (exact) mass is 199 g/mol. The molecule has 1 atom stereocenters. The molecule has 14 heavy (non-hydrogen) atoms. The van der Waals surface area contributed by atoms with Crippen LogP contribution in [0.15, 0.2) is 12.4 Å². The molecule has 0 radical (unpaired) electrons. The van der Waals surface area contributed by atoms with Gasteiger partial charge in [-0.2, -0.15) is 0 Å². The molecule has 0 saturated carbocycles. The van der Waals surface area contributed by atoms with Gasteiger partial charge in [-0.3, -0.25) is 10.1 Å². The third-order valence-corrected chi connectivity index (χ3v) is 1.86. The fourth-order valence-electron chi connectivity index (χ4n) is 0.899. The molecule has 0 aromatic carbocycles. The minimum Gasteiger partial charge on any atom is -0.480 e. The van der Waals surface area contributed by atoms with Crippen LogP contribution in [0.1, 0.15) is 20.2 Å². The summed E-state index contributed by atoms with van der Waals surface area (Å²) in [7, 11) is 1.87. The molecule has 80 valence electrons. The molecule has 1 rings (SSSR count). The molecule has 0 aliphatic carbocycles. The third kappa shape index (κ3) is 3.18. The Morgan fingerprint density at radius 2 is 2.43 bits per heavy atom. The van der Waals surface area contributed by atoms with Crippen molar-refractivity contribution in [3.8, 4) is 0 Å². The number of carboxylic acids is 1. The van der Waals surface area contributed by atoms with E-state index in [1.165, 1.54) is 0 Å². The molecule has 0 aliphatic heterocycles. The molecule has 0 bridgehead atoms. The quantitative estimate of drug-likeness (QED) is 0.746. The average Bonchev–Trinajstić information content (AvgIpc) is 2.47. The lowest BCUT2D eigenvalue weighted by molar-refractivity contribution is -0.139. The minimum atomic E-state index is -0.853. The first-order valence-electron chi connectivity index (χ1n) is 4.03. The van der Waals surface area contributed by atoms with Crippen molar-refractivity contribution < 1.29 is 9.90 Å². The largest absolute Gasteiger partial charge is 0.480 e. The lowest BCUT2D eigenvalue weighted by atomic mass is 10.3. The molecular formula is C9H17N3O2. The van der Waals surface area contributed by atoms with Gasteiger partial charge in [0.2, 0.25) is 0 Å². The molecule has 5 nitrogen and oxygen atoms in total. The van der Waals surface area contributed by atoms with Gasteiger partial charge in [0.1, 0.15) is 11.9 Å². The number of hydrogen-bond acceptors (Lipinski definition) is 3. The first kappa shape index (κ1) is 12.6. The van der Waals surface area contributed by atoms with Gasteiger partial charge in [-0.1, -0.05) is 7.43 Å². The van der Waals surface area contributed by atoms with E-state index < -0.39 is 12.0 Å². The van der Waals surface area contributed by atoms with Gasteiger partial charge in [0.25, 0.3) is 0 Å². The Morgan fingerprint density at radius 3 is 2.86 bits per heavy atom. The fourth-order valence-corrected chi connectivity index (χ4v) is 0.899. The van der Waals surface area contributed by atoms with Crippen molar-refractivity contribution in [2.45, 2.75) is 26.9 Å². The number of rotatable bonds is 4. The number of carbonyl (C=O) groups is 1. The second-order valence-electron chi connectivity index (χ2n) is 2.90. The van der Waals surface area contributed by atoms with Crippen LogP contribution in [0, 0.1) is 0 Å². The molecule has 2 N–H and O–H groups in total. The van der Waals surface area contributed by atoms with Crippen LogP contribution in [-0.4, -0.2) is 26.7 Å². The molecule has 1 aromatic rings. The van der Waals surface area contributed by atoms with E-state index in [0.29, 0.717) is 6.54 Å². The highest BCUT2D eigenvalue weighted by Gasteiger charge is 2.10. The third-order valence-electron chi connectivity index (χ3n) is 1.86. The summed E-state index contributed by atoms with van der Waals surface area (Å²) in [5.74, 6) is -0.0256. The maximum Gasteiger partial charge on any atom is 0.320 e. The van der Waals surface area contributed by atoms with Crippen LogP contribution in [0.3, 0.4) is 0 Å². The Labute approximate surface area is 83.8 Å². The molecule has 0 amide bonds. The van der Waals surface area contributed by atoms with E-state index >= 15 is 0 Å². The first-order valence-corrected chi connectivity index (χ1v) is 4.03. The molecule has 1 aromatic heterocycles. The first-order chi connectivity index (χ1) is 6.11. The molecule has 1 heterocycles. The number of nitrogens with one attached hydrogen (secondary N) is 1. The summed E-state index contributed by atoms with van der Waals surface area (Å²) >= 11 is 0. The highest BCUT2D eigenvalue weighted by atomic mass is 16.4. The van der Waals surface area contributed by atoms with Crippen molar-refractivity contribution in [1.29, 1.82) is 0 Å². The zero-order valence-electron chi connectivity index (χ0n) is 7.69. The van der Waals surface area contributed by atoms with Gasteiger partial charge < -0.3 is 9.67 Å². The van der Waals surface area contributed by atoms with Gasteiger partial charge in [-0.25, -0.2) is 4.98 Å². The number of imidazole rings is 1. The highest BCUT2D eigenvalue weighted by Crippen LogP contribution is 1.94. The Kier molecular flexibility index (Phi) is 4.86. The number of nitrogens with zero attached hydrogens (tertiary/aromatic N) is 2. The van der Waals surface area contributed by atoms with Crippen molar-refractivity contribution in [2.75, 3.05) is 0 Å². The van der Waals surface area contributed by atoms with Gasteiger partial charge in [0, 0.05) is 19.4 Å². The Balaban J connectivity index is 0.00000169. The van der Waals surface area contributed by atoms with Gasteiger partial charge in [-0.05, 0) is 6.92 Å². The zero-order chi connectivity index (χ0) is 9.84. The van der Waals surface area contributed by atoms with Crippen LogP contribution >= 0.6 is 0 Å². The standard InChI is InChI=1S/C8H13N3O2.CH4/c1-6(8(12)13)10-5-7-9-3-4-11(7)2;/h3-4,6,10H,5H2,1-2H3,(H,12,13);1H4. The van der Waals surface area contributed by atoms with Crippen LogP contribution in [0.5, 0.6) is 0 Å². The van der Waals surface area contributed by atoms with Crippen LogP contribution in [-0.2, 0) is 18.4 Å². The number of hydrogen-bond donors (Lipinski definition) is 2. The summed E-state index contributed by atoms with van der Waals surface area (Å²) in [4.78, 5) is 14.5. The van der Waals surface area contributed by atoms with Crippen molar-refractivity contribution in [3.05, 3.63) is 18.2 Å². The predicted octanol–water partition coefficient (Wildman–Crippen LogP) is 0.619. The number of carboxylic acid groups (broad SMARTS) is 1. The van der Waals surface area contributed by atoms with Crippen molar-refractivity contribution >= 4 is 5.97 Å². The van der Waals surface area contributed by atoms with E-state index in [0.717, 1.165) is 5.82 Å². The van der Waals surface area contributed by atoms with Crippen molar-refractivity contribution in [3.63, 3.8) is 0 Å². The zero-order valence-corrected chi connectivity index (χ0v) is 7.69. The van der Waals surface area contributed by atoms with Crippen LogP contribution < -0.4 is 5.32 Å². The number of aryl methyl sites for hydroxylation is 1. The van der Waals surface area contributed by atoms with Crippen LogP contribution in [0.25, 0.3) is 0 Å². The smallest absolute Gasteiger partial charge is 0.320 e. The second-order valence-corrected chi connectivity index (χ2v) is 2.90. The van der Waals surface area contributed by atoms with E-state index in [4.69, 9.17) is 5.11 Å².